The minimum Gasteiger partial charge on any atom is -0.491 e. The summed E-state index contributed by atoms with van der Waals surface area (Å²) in [5.41, 5.74) is -0.0238. The Bertz CT molecular complexity index is 544. The molecule has 7 heteroatoms. The molecule has 1 aromatic carbocycles. The molecule has 18 heavy (non-hydrogen) atoms. The molecular formula is C11H9FN2O4. The van der Waals surface area contributed by atoms with Crippen molar-refractivity contribution in [3.63, 3.8) is 0 Å². The Morgan fingerprint density at radius 2 is 2.06 bits per heavy atom. The number of carbonyl (C=O) groups excluding carboxylic acids is 3. The van der Waals surface area contributed by atoms with Crippen LogP contribution in [-0.4, -0.2) is 24.5 Å². The largest absolute Gasteiger partial charge is 0.491 e. The Balaban J connectivity index is 2.35. The van der Waals surface area contributed by atoms with Crippen molar-refractivity contribution in [3.8, 4) is 5.75 Å². The molecule has 94 valence electrons. The fourth-order valence-electron chi connectivity index (χ4n) is 1.54. The molecule has 0 aliphatic carbocycles. The van der Waals surface area contributed by atoms with E-state index in [1.807, 2.05) is 5.32 Å². The molecule has 1 saturated heterocycles. The van der Waals surface area contributed by atoms with Crippen molar-refractivity contribution in [2.24, 2.45) is 0 Å². The van der Waals surface area contributed by atoms with Crippen molar-refractivity contribution in [2.45, 2.75) is 6.92 Å². The lowest BCUT2D eigenvalue weighted by molar-refractivity contribution is -0.134. The van der Waals surface area contributed by atoms with Crippen molar-refractivity contribution in [1.29, 1.82) is 0 Å². The first kappa shape index (κ1) is 12.0. The summed E-state index contributed by atoms with van der Waals surface area (Å²) in [7, 11) is 0. The molecule has 0 atom stereocenters. The number of nitrogens with zero attached hydrogens (tertiary/aromatic N) is 1. The van der Waals surface area contributed by atoms with E-state index in [0.29, 0.717) is 4.90 Å². The number of hydrogen-bond donors (Lipinski definition) is 1. The lowest BCUT2D eigenvalue weighted by Gasteiger charge is -2.12. The molecule has 1 fully saturated rings. The molecule has 0 spiro atoms. The SMILES string of the molecule is CCOc1ccc(N2C(=O)NC(=O)C2=O)cc1F. The molecule has 0 bridgehead atoms. The van der Waals surface area contributed by atoms with Gasteiger partial charge in [-0.1, -0.05) is 0 Å². The van der Waals surface area contributed by atoms with Gasteiger partial charge in [0, 0.05) is 6.07 Å². The first-order chi connectivity index (χ1) is 8.54. The van der Waals surface area contributed by atoms with Crippen molar-refractivity contribution in [3.05, 3.63) is 24.0 Å². The first-order valence-corrected chi connectivity index (χ1v) is 5.16. The molecule has 2 rings (SSSR count). The third-order valence-electron chi connectivity index (χ3n) is 2.29. The second-order valence-electron chi connectivity index (χ2n) is 3.45. The maximum absolute atomic E-state index is 13.6. The zero-order valence-corrected chi connectivity index (χ0v) is 9.40. The highest BCUT2D eigenvalue weighted by Crippen LogP contribution is 2.25. The first-order valence-electron chi connectivity index (χ1n) is 5.16. The molecule has 1 N–H and O–H groups in total. The van der Waals surface area contributed by atoms with Crippen LogP contribution >= 0.6 is 0 Å². The zero-order chi connectivity index (χ0) is 13.3. The summed E-state index contributed by atoms with van der Waals surface area (Å²) in [6.45, 7) is 1.99. The Morgan fingerprint density at radius 3 is 2.56 bits per heavy atom. The number of urea groups is 1. The van der Waals surface area contributed by atoms with Gasteiger partial charge in [-0.3, -0.25) is 14.9 Å². The van der Waals surface area contributed by atoms with E-state index in [1.54, 1.807) is 6.92 Å². The Labute approximate surface area is 101 Å². The summed E-state index contributed by atoms with van der Waals surface area (Å²) < 4.78 is 18.5. The highest BCUT2D eigenvalue weighted by molar-refractivity contribution is 6.53. The number of carbonyl (C=O) groups is 3. The van der Waals surface area contributed by atoms with Gasteiger partial charge >= 0.3 is 17.8 Å². The molecule has 1 aromatic rings. The number of amides is 4. The summed E-state index contributed by atoms with van der Waals surface area (Å²) in [5, 5.41) is 1.82. The lowest BCUT2D eigenvalue weighted by atomic mass is 10.2. The standard InChI is InChI=1S/C11H9FN2O4/c1-2-18-8-4-3-6(5-7(8)12)14-10(16)9(15)13-11(14)17/h3-5H,2H2,1H3,(H,13,15,17). The van der Waals surface area contributed by atoms with Crippen molar-refractivity contribution >= 4 is 23.5 Å². The van der Waals surface area contributed by atoms with Crippen LogP contribution in [0.5, 0.6) is 5.75 Å². The number of imide groups is 2. The van der Waals surface area contributed by atoms with Gasteiger partial charge in [0.2, 0.25) is 0 Å². The van der Waals surface area contributed by atoms with Crippen LogP contribution in [0.4, 0.5) is 14.9 Å². The van der Waals surface area contributed by atoms with Gasteiger partial charge in [-0.25, -0.2) is 14.1 Å². The quantitative estimate of drug-likeness (QED) is 0.638. The second kappa shape index (κ2) is 4.44. The maximum Gasteiger partial charge on any atom is 0.336 e. The molecule has 0 aromatic heterocycles. The Hall–Kier alpha value is -2.44. The van der Waals surface area contributed by atoms with E-state index in [2.05, 4.69) is 0 Å². The van der Waals surface area contributed by atoms with Gasteiger partial charge in [-0.05, 0) is 19.1 Å². The molecule has 1 aliphatic rings. The fraction of sp³-hybridized carbons (Fsp3) is 0.182. The Morgan fingerprint density at radius 1 is 1.33 bits per heavy atom. The van der Waals surface area contributed by atoms with Crippen LogP contribution < -0.4 is 15.0 Å². The number of nitrogens with one attached hydrogen (secondary N) is 1. The predicted octanol–water partition coefficient (Wildman–Crippen LogP) is 0.807. The van der Waals surface area contributed by atoms with Crippen LogP contribution in [0.25, 0.3) is 0 Å². The van der Waals surface area contributed by atoms with E-state index >= 15 is 0 Å². The van der Waals surface area contributed by atoms with Crippen LogP contribution in [-0.2, 0) is 9.59 Å². The highest BCUT2D eigenvalue weighted by atomic mass is 19.1. The monoisotopic (exact) mass is 252 g/mol. The Kier molecular flexibility index (Phi) is 2.97. The van der Waals surface area contributed by atoms with Gasteiger partial charge in [-0.2, -0.15) is 0 Å². The fourth-order valence-corrected chi connectivity index (χ4v) is 1.54. The smallest absolute Gasteiger partial charge is 0.336 e. The van der Waals surface area contributed by atoms with Gasteiger partial charge in [0.1, 0.15) is 0 Å². The van der Waals surface area contributed by atoms with Crippen LogP contribution in [0.1, 0.15) is 6.92 Å². The van der Waals surface area contributed by atoms with E-state index in [0.717, 1.165) is 6.07 Å². The summed E-state index contributed by atoms with van der Waals surface area (Å²) in [6.07, 6.45) is 0. The molecule has 4 amide bonds. The molecule has 0 unspecified atom stereocenters. The van der Waals surface area contributed by atoms with Crippen molar-refractivity contribution < 1.29 is 23.5 Å². The van der Waals surface area contributed by atoms with Gasteiger partial charge in [0.15, 0.2) is 11.6 Å². The van der Waals surface area contributed by atoms with E-state index in [1.165, 1.54) is 12.1 Å². The summed E-state index contributed by atoms with van der Waals surface area (Å²) in [4.78, 5) is 34.3. The minimum absolute atomic E-state index is 0.0135. The molecule has 0 saturated carbocycles. The van der Waals surface area contributed by atoms with Crippen LogP contribution in [0.2, 0.25) is 0 Å². The topological polar surface area (TPSA) is 75.7 Å². The van der Waals surface area contributed by atoms with E-state index < -0.39 is 23.7 Å². The van der Waals surface area contributed by atoms with Crippen LogP contribution in [0.3, 0.4) is 0 Å². The van der Waals surface area contributed by atoms with Gasteiger partial charge in [0.25, 0.3) is 0 Å². The van der Waals surface area contributed by atoms with Gasteiger partial charge in [-0.15, -0.1) is 0 Å². The number of anilines is 1. The zero-order valence-electron chi connectivity index (χ0n) is 9.40. The number of hydrogen-bond acceptors (Lipinski definition) is 4. The van der Waals surface area contributed by atoms with Crippen LogP contribution in [0, 0.1) is 5.82 Å². The third kappa shape index (κ3) is 1.90. The van der Waals surface area contributed by atoms with Crippen LogP contribution in [0.15, 0.2) is 18.2 Å². The average Bonchev–Trinajstić information content (AvgIpc) is 2.56. The number of ether oxygens (including phenoxy) is 1. The number of halogens is 1. The lowest BCUT2D eigenvalue weighted by Crippen LogP contribution is -2.30. The summed E-state index contributed by atoms with van der Waals surface area (Å²) >= 11 is 0. The number of rotatable bonds is 3. The van der Waals surface area contributed by atoms with E-state index in [9.17, 15) is 18.8 Å². The van der Waals surface area contributed by atoms with Gasteiger partial charge in [0.05, 0.1) is 12.3 Å². The summed E-state index contributed by atoms with van der Waals surface area (Å²) in [6, 6.07) is 2.68. The predicted molar refractivity (Wildman–Crippen MR) is 58.6 cm³/mol. The minimum atomic E-state index is -1.04. The van der Waals surface area contributed by atoms with E-state index in [4.69, 9.17) is 4.74 Å². The normalized spacial score (nSPS) is 15.0. The molecular weight excluding hydrogens is 243 g/mol. The molecule has 6 nitrogen and oxygen atoms in total. The van der Waals surface area contributed by atoms with Crippen molar-refractivity contribution in [1.82, 2.24) is 5.32 Å². The summed E-state index contributed by atoms with van der Waals surface area (Å²) in [5.74, 6) is -2.77. The maximum atomic E-state index is 13.6. The third-order valence-corrected chi connectivity index (χ3v) is 2.29. The highest BCUT2D eigenvalue weighted by Gasteiger charge is 2.38. The average molecular weight is 252 g/mol. The van der Waals surface area contributed by atoms with E-state index in [-0.39, 0.29) is 18.0 Å². The van der Waals surface area contributed by atoms with Gasteiger partial charge < -0.3 is 4.74 Å². The molecule has 1 heterocycles. The van der Waals surface area contributed by atoms with Crippen molar-refractivity contribution in [2.75, 3.05) is 11.5 Å². The number of benzene rings is 1. The second-order valence-corrected chi connectivity index (χ2v) is 3.45. The molecule has 0 radical (unpaired) electrons. The molecule has 1 aliphatic heterocycles.